The van der Waals surface area contributed by atoms with Crippen molar-refractivity contribution in [2.24, 2.45) is 5.92 Å². The molecule has 3 heteroatoms. The summed E-state index contributed by atoms with van der Waals surface area (Å²) in [4.78, 5) is 0. The molecule has 0 aliphatic heterocycles. The maximum atomic E-state index is 6.21. The Bertz CT molecular complexity index is 325. The zero-order chi connectivity index (χ0) is 14.9. The van der Waals surface area contributed by atoms with E-state index in [0.29, 0.717) is 5.92 Å². The molecule has 0 saturated carbocycles. The molecule has 2 nitrogen and oxygen atoms in total. The van der Waals surface area contributed by atoms with Crippen molar-refractivity contribution in [3.63, 3.8) is 0 Å². The molecule has 19 heavy (non-hydrogen) atoms. The zero-order valence-corrected chi connectivity index (χ0v) is 14.5. The molecule has 110 valence electrons. The van der Waals surface area contributed by atoms with Crippen molar-refractivity contribution in [3.8, 4) is 11.8 Å². The average molecular weight is 282 g/mol. The van der Waals surface area contributed by atoms with Gasteiger partial charge in [-0.15, -0.1) is 0 Å². The van der Waals surface area contributed by atoms with E-state index in [4.69, 9.17) is 8.85 Å². The van der Waals surface area contributed by atoms with Crippen LogP contribution < -0.4 is 0 Å². The van der Waals surface area contributed by atoms with Crippen LogP contribution in [-0.2, 0) is 8.85 Å². The SMILES string of the molecule is C=C(C)C#CC(O[Si](C)(C)OCCC)C(C)CCC. The molecule has 0 saturated heterocycles. The Morgan fingerprint density at radius 3 is 2.37 bits per heavy atom. The van der Waals surface area contributed by atoms with Crippen molar-refractivity contribution in [1.82, 2.24) is 0 Å². The number of rotatable bonds is 8. The fraction of sp³-hybridized carbons (Fsp3) is 0.750. The summed E-state index contributed by atoms with van der Waals surface area (Å²) < 4.78 is 12.1. The first kappa shape index (κ1) is 18.4. The molecule has 0 bridgehead atoms. The van der Waals surface area contributed by atoms with Gasteiger partial charge in [0.15, 0.2) is 0 Å². The third-order valence-electron chi connectivity index (χ3n) is 2.75. The van der Waals surface area contributed by atoms with Crippen LogP contribution in [0, 0.1) is 17.8 Å². The Balaban J connectivity index is 4.75. The first-order chi connectivity index (χ1) is 8.82. The van der Waals surface area contributed by atoms with Crippen LogP contribution in [0.2, 0.25) is 13.1 Å². The van der Waals surface area contributed by atoms with Gasteiger partial charge in [-0.1, -0.05) is 45.6 Å². The fourth-order valence-corrected chi connectivity index (χ4v) is 3.44. The molecule has 0 aromatic rings. The molecule has 0 radical (unpaired) electrons. The van der Waals surface area contributed by atoms with Crippen LogP contribution in [0.4, 0.5) is 0 Å². The molecule has 0 spiro atoms. The highest BCUT2D eigenvalue weighted by Gasteiger charge is 2.30. The number of allylic oxidation sites excluding steroid dienone is 1. The lowest BCUT2D eigenvalue weighted by Crippen LogP contribution is -2.41. The third kappa shape index (κ3) is 9.04. The van der Waals surface area contributed by atoms with Gasteiger partial charge in [0.05, 0.1) is 0 Å². The highest BCUT2D eigenvalue weighted by molar-refractivity contribution is 6.64. The van der Waals surface area contributed by atoms with E-state index in [1.54, 1.807) is 0 Å². The van der Waals surface area contributed by atoms with Crippen molar-refractivity contribution in [2.45, 2.75) is 66.2 Å². The minimum Gasteiger partial charge on any atom is -0.394 e. The Hall–Kier alpha value is -0.563. The van der Waals surface area contributed by atoms with Gasteiger partial charge in [-0.25, -0.2) is 0 Å². The number of hydrogen-bond donors (Lipinski definition) is 0. The summed E-state index contributed by atoms with van der Waals surface area (Å²) in [5.74, 6) is 6.70. The summed E-state index contributed by atoms with van der Waals surface area (Å²) in [6, 6.07) is 0. The molecule has 0 aromatic carbocycles. The van der Waals surface area contributed by atoms with Crippen LogP contribution in [-0.4, -0.2) is 21.3 Å². The van der Waals surface area contributed by atoms with Crippen molar-refractivity contribution in [1.29, 1.82) is 0 Å². The topological polar surface area (TPSA) is 18.5 Å². The van der Waals surface area contributed by atoms with E-state index in [2.05, 4.69) is 52.3 Å². The van der Waals surface area contributed by atoms with Crippen molar-refractivity contribution >= 4 is 8.56 Å². The maximum absolute atomic E-state index is 6.21. The minimum absolute atomic E-state index is 0.0461. The molecular formula is C16H30O2Si. The van der Waals surface area contributed by atoms with E-state index in [-0.39, 0.29) is 6.10 Å². The van der Waals surface area contributed by atoms with Gasteiger partial charge in [-0.05, 0) is 44.4 Å². The van der Waals surface area contributed by atoms with E-state index >= 15 is 0 Å². The molecule has 0 heterocycles. The van der Waals surface area contributed by atoms with Gasteiger partial charge in [-0.3, -0.25) is 0 Å². The summed E-state index contributed by atoms with van der Waals surface area (Å²) in [5, 5.41) is 0. The van der Waals surface area contributed by atoms with Gasteiger partial charge < -0.3 is 8.85 Å². The van der Waals surface area contributed by atoms with Gasteiger partial charge in [0.25, 0.3) is 0 Å². The lowest BCUT2D eigenvalue weighted by molar-refractivity contribution is 0.117. The molecule has 2 unspecified atom stereocenters. The second kappa shape index (κ2) is 9.36. The van der Waals surface area contributed by atoms with Crippen molar-refractivity contribution < 1.29 is 8.85 Å². The first-order valence-electron chi connectivity index (χ1n) is 7.31. The fourth-order valence-electron chi connectivity index (χ4n) is 1.78. The van der Waals surface area contributed by atoms with Crippen molar-refractivity contribution in [3.05, 3.63) is 12.2 Å². The normalized spacial score (nSPS) is 14.4. The quantitative estimate of drug-likeness (QED) is 0.481. The van der Waals surface area contributed by atoms with Crippen LogP contribution >= 0.6 is 0 Å². The average Bonchev–Trinajstić information content (AvgIpc) is 2.32. The Kier molecular flexibility index (Phi) is 9.08. The molecule has 0 aliphatic carbocycles. The Labute approximate surface area is 120 Å². The molecule has 0 aromatic heterocycles. The predicted molar refractivity (Wildman–Crippen MR) is 85.3 cm³/mol. The van der Waals surface area contributed by atoms with Gasteiger partial charge in [0.1, 0.15) is 6.10 Å². The summed E-state index contributed by atoms with van der Waals surface area (Å²) >= 11 is 0. The largest absolute Gasteiger partial charge is 0.394 e. The maximum Gasteiger partial charge on any atom is 0.332 e. The Morgan fingerprint density at radius 1 is 1.26 bits per heavy atom. The molecule has 0 aliphatic rings. The lowest BCUT2D eigenvalue weighted by Gasteiger charge is -2.29. The third-order valence-corrected chi connectivity index (χ3v) is 4.47. The van der Waals surface area contributed by atoms with Crippen LogP contribution in [0.3, 0.4) is 0 Å². The predicted octanol–water partition coefficient (Wildman–Crippen LogP) is 4.52. The standard InChI is InChI=1S/C16H30O2Si/c1-8-10-15(5)16(12-11-14(3)4)18-19(6,7)17-13-9-2/h15-16H,3,8-10,13H2,1-2,4-7H3. The summed E-state index contributed by atoms with van der Waals surface area (Å²) in [7, 11) is -2.08. The van der Waals surface area contributed by atoms with Gasteiger partial charge in [-0.2, -0.15) is 0 Å². The highest BCUT2D eigenvalue weighted by atomic mass is 28.4. The molecule has 0 rings (SSSR count). The van der Waals surface area contributed by atoms with Crippen LogP contribution in [0.15, 0.2) is 12.2 Å². The molecule has 2 atom stereocenters. The van der Waals surface area contributed by atoms with E-state index in [1.165, 1.54) is 0 Å². The van der Waals surface area contributed by atoms with Crippen LogP contribution in [0.1, 0.15) is 47.0 Å². The van der Waals surface area contributed by atoms with E-state index < -0.39 is 8.56 Å². The smallest absolute Gasteiger partial charge is 0.332 e. The molecular weight excluding hydrogens is 252 g/mol. The first-order valence-corrected chi connectivity index (χ1v) is 10.1. The Morgan fingerprint density at radius 2 is 1.89 bits per heavy atom. The summed E-state index contributed by atoms with van der Waals surface area (Å²) in [6.45, 7) is 17.2. The van der Waals surface area contributed by atoms with Gasteiger partial charge >= 0.3 is 8.56 Å². The number of hydrogen-bond acceptors (Lipinski definition) is 2. The highest BCUT2D eigenvalue weighted by Crippen LogP contribution is 2.19. The van der Waals surface area contributed by atoms with Crippen LogP contribution in [0.25, 0.3) is 0 Å². The van der Waals surface area contributed by atoms with Crippen LogP contribution in [0.5, 0.6) is 0 Å². The zero-order valence-electron chi connectivity index (χ0n) is 13.5. The van der Waals surface area contributed by atoms with E-state index in [1.807, 2.05) is 6.92 Å². The second-order valence-electron chi connectivity index (χ2n) is 5.60. The minimum atomic E-state index is -2.08. The molecule has 0 N–H and O–H groups in total. The second-order valence-corrected chi connectivity index (χ2v) is 8.93. The molecule has 0 fully saturated rings. The summed E-state index contributed by atoms with van der Waals surface area (Å²) in [5.41, 5.74) is 0.881. The van der Waals surface area contributed by atoms with Crippen molar-refractivity contribution in [2.75, 3.05) is 6.61 Å². The molecule has 0 amide bonds. The van der Waals surface area contributed by atoms with Gasteiger partial charge in [0.2, 0.25) is 0 Å². The van der Waals surface area contributed by atoms with Gasteiger partial charge in [0, 0.05) is 6.61 Å². The van der Waals surface area contributed by atoms with E-state index in [9.17, 15) is 0 Å². The van der Waals surface area contributed by atoms with E-state index in [0.717, 1.165) is 31.4 Å². The summed E-state index contributed by atoms with van der Waals surface area (Å²) in [6.07, 6.45) is 3.24. The monoisotopic (exact) mass is 282 g/mol. The lowest BCUT2D eigenvalue weighted by atomic mass is 10.00.